The van der Waals surface area contributed by atoms with Crippen LogP contribution in [0.15, 0.2) is 24.3 Å². The number of hydrogen-bond acceptors (Lipinski definition) is 3. The second-order valence-corrected chi connectivity index (χ2v) is 5.02. The lowest BCUT2D eigenvalue weighted by Crippen LogP contribution is -2.45. The number of ether oxygens (including phenoxy) is 1. The quantitative estimate of drug-likeness (QED) is 0.828. The predicted octanol–water partition coefficient (Wildman–Crippen LogP) is 2.26. The van der Waals surface area contributed by atoms with Crippen molar-refractivity contribution in [3.8, 4) is 5.75 Å². The van der Waals surface area contributed by atoms with Crippen LogP contribution in [0.5, 0.6) is 5.75 Å². The summed E-state index contributed by atoms with van der Waals surface area (Å²) < 4.78 is 5.33. The first-order chi connectivity index (χ1) is 8.95. The van der Waals surface area contributed by atoms with Crippen LogP contribution in [0.1, 0.15) is 39.3 Å². The van der Waals surface area contributed by atoms with Gasteiger partial charge in [-0.05, 0) is 33.8 Å². The molecule has 4 nitrogen and oxygen atoms in total. The summed E-state index contributed by atoms with van der Waals surface area (Å²) >= 11 is 0. The highest BCUT2D eigenvalue weighted by molar-refractivity contribution is 5.81. The van der Waals surface area contributed by atoms with E-state index in [1.54, 1.807) is 7.11 Å². The molecule has 106 valence electrons. The molecule has 1 unspecified atom stereocenters. The predicted molar refractivity (Wildman–Crippen MR) is 77.3 cm³/mol. The lowest BCUT2D eigenvalue weighted by Gasteiger charge is -2.22. The molecule has 0 aliphatic heterocycles. The highest BCUT2D eigenvalue weighted by atomic mass is 16.5. The molecular formula is C15H24N2O2. The molecule has 2 N–H and O–H groups in total. The number of para-hydroxylation sites is 1. The number of nitrogens with one attached hydrogen (secondary N) is 2. The van der Waals surface area contributed by atoms with E-state index in [-0.39, 0.29) is 24.0 Å². The highest BCUT2D eigenvalue weighted by Gasteiger charge is 2.18. The van der Waals surface area contributed by atoms with Crippen LogP contribution in [0.25, 0.3) is 0 Å². The van der Waals surface area contributed by atoms with E-state index in [0.29, 0.717) is 0 Å². The molecular weight excluding hydrogens is 240 g/mol. The van der Waals surface area contributed by atoms with Crippen molar-refractivity contribution in [2.45, 2.75) is 45.8 Å². The van der Waals surface area contributed by atoms with Crippen LogP contribution in [0.4, 0.5) is 0 Å². The first kappa shape index (κ1) is 15.5. The van der Waals surface area contributed by atoms with Crippen LogP contribution in [-0.2, 0) is 4.79 Å². The van der Waals surface area contributed by atoms with E-state index in [4.69, 9.17) is 4.74 Å². The summed E-state index contributed by atoms with van der Waals surface area (Å²) in [4.78, 5) is 11.9. The second-order valence-electron chi connectivity index (χ2n) is 5.02. The fraction of sp³-hybridized carbons (Fsp3) is 0.533. The fourth-order valence-electron chi connectivity index (χ4n) is 1.97. The van der Waals surface area contributed by atoms with Crippen LogP contribution in [0.2, 0.25) is 0 Å². The smallest absolute Gasteiger partial charge is 0.237 e. The Morgan fingerprint density at radius 2 is 1.79 bits per heavy atom. The van der Waals surface area contributed by atoms with Gasteiger partial charge in [-0.2, -0.15) is 0 Å². The Morgan fingerprint density at radius 3 is 2.37 bits per heavy atom. The lowest BCUT2D eigenvalue weighted by molar-refractivity contribution is -0.123. The van der Waals surface area contributed by atoms with Crippen LogP contribution in [-0.4, -0.2) is 25.1 Å². The van der Waals surface area contributed by atoms with Gasteiger partial charge in [-0.15, -0.1) is 0 Å². The lowest BCUT2D eigenvalue weighted by atomic mass is 10.1. The topological polar surface area (TPSA) is 50.4 Å². The number of hydrogen-bond donors (Lipinski definition) is 2. The summed E-state index contributed by atoms with van der Waals surface area (Å²) in [5, 5.41) is 6.18. The molecule has 0 bridgehead atoms. The number of methoxy groups -OCH3 is 1. The Hall–Kier alpha value is -1.55. The molecule has 1 amide bonds. The van der Waals surface area contributed by atoms with Gasteiger partial charge in [0.25, 0.3) is 0 Å². The number of rotatable bonds is 6. The summed E-state index contributed by atoms with van der Waals surface area (Å²) in [6.07, 6.45) is 0. The van der Waals surface area contributed by atoms with E-state index in [2.05, 4.69) is 10.6 Å². The second kappa shape index (κ2) is 7.14. The average Bonchev–Trinajstić information content (AvgIpc) is 2.37. The Kier molecular flexibility index (Phi) is 5.83. The van der Waals surface area contributed by atoms with Crippen molar-refractivity contribution in [1.29, 1.82) is 0 Å². The van der Waals surface area contributed by atoms with Crippen LogP contribution in [0.3, 0.4) is 0 Å². The van der Waals surface area contributed by atoms with Crippen molar-refractivity contribution in [3.05, 3.63) is 29.8 Å². The third-order valence-corrected chi connectivity index (χ3v) is 2.93. The summed E-state index contributed by atoms with van der Waals surface area (Å²) in [7, 11) is 1.65. The summed E-state index contributed by atoms with van der Waals surface area (Å²) in [6, 6.07) is 7.78. The zero-order valence-corrected chi connectivity index (χ0v) is 12.4. The normalized spacial score (nSPS) is 14.0. The van der Waals surface area contributed by atoms with Gasteiger partial charge >= 0.3 is 0 Å². The molecule has 0 heterocycles. The van der Waals surface area contributed by atoms with Crippen molar-refractivity contribution in [1.82, 2.24) is 10.6 Å². The van der Waals surface area contributed by atoms with E-state index >= 15 is 0 Å². The zero-order valence-electron chi connectivity index (χ0n) is 12.4. The number of benzene rings is 1. The minimum atomic E-state index is -0.248. The molecule has 0 aliphatic carbocycles. The van der Waals surface area contributed by atoms with E-state index in [1.165, 1.54) is 0 Å². The standard InChI is InChI=1S/C15H24N2O2/c1-10(2)16-15(18)12(4)17-11(3)13-8-6-7-9-14(13)19-5/h6-12,17H,1-5H3,(H,16,18)/t11-,12?/m1/s1. The largest absolute Gasteiger partial charge is 0.496 e. The van der Waals surface area contributed by atoms with Gasteiger partial charge in [-0.1, -0.05) is 18.2 Å². The van der Waals surface area contributed by atoms with Crippen molar-refractivity contribution >= 4 is 5.91 Å². The molecule has 0 saturated heterocycles. The maximum atomic E-state index is 11.9. The first-order valence-electron chi connectivity index (χ1n) is 6.65. The molecule has 19 heavy (non-hydrogen) atoms. The van der Waals surface area contributed by atoms with Crippen LogP contribution < -0.4 is 15.4 Å². The van der Waals surface area contributed by atoms with E-state index in [0.717, 1.165) is 11.3 Å². The van der Waals surface area contributed by atoms with Gasteiger partial charge in [0, 0.05) is 17.6 Å². The van der Waals surface area contributed by atoms with Gasteiger partial charge in [0.15, 0.2) is 0 Å². The minimum Gasteiger partial charge on any atom is -0.496 e. The molecule has 0 radical (unpaired) electrons. The van der Waals surface area contributed by atoms with Gasteiger partial charge in [0.1, 0.15) is 5.75 Å². The maximum absolute atomic E-state index is 11.9. The van der Waals surface area contributed by atoms with E-state index in [9.17, 15) is 4.79 Å². The van der Waals surface area contributed by atoms with E-state index in [1.807, 2.05) is 52.0 Å². The fourth-order valence-corrected chi connectivity index (χ4v) is 1.97. The Morgan fingerprint density at radius 1 is 1.16 bits per heavy atom. The van der Waals surface area contributed by atoms with Crippen molar-refractivity contribution in [3.63, 3.8) is 0 Å². The average molecular weight is 264 g/mol. The van der Waals surface area contributed by atoms with Gasteiger partial charge in [0.2, 0.25) is 5.91 Å². The highest BCUT2D eigenvalue weighted by Crippen LogP contribution is 2.24. The Bertz CT molecular complexity index is 418. The van der Waals surface area contributed by atoms with Crippen molar-refractivity contribution in [2.75, 3.05) is 7.11 Å². The molecule has 2 atom stereocenters. The van der Waals surface area contributed by atoms with Gasteiger partial charge in [0.05, 0.1) is 13.2 Å². The minimum absolute atomic E-state index is 0.0109. The first-order valence-corrected chi connectivity index (χ1v) is 6.65. The molecule has 1 aromatic carbocycles. The number of amides is 1. The van der Waals surface area contributed by atoms with Gasteiger partial charge in [-0.25, -0.2) is 0 Å². The summed E-state index contributed by atoms with van der Waals surface area (Å²) in [6.45, 7) is 7.79. The molecule has 0 aromatic heterocycles. The molecule has 0 saturated carbocycles. The maximum Gasteiger partial charge on any atom is 0.237 e. The van der Waals surface area contributed by atoms with Crippen molar-refractivity contribution < 1.29 is 9.53 Å². The third-order valence-electron chi connectivity index (χ3n) is 2.93. The molecule has 1 rings (SSSR count). The Labute approximate surface area is 115 Å². The summed E-state index contributed by atoms with van der Waals surface area (Å²) in [5.41, 5.74) is 1.05. The van der Waals surface area contributed by atoms with Gasteiger partial charge < -0.3 is 10.1 Å². The van der Waals surface area contributed by atoms with Crippen LogP contribution >= 0.6 is 0 Å². The molecule has 0 fully saturated rings. The Balaban J connectivity index is 2.68. The van der Waals surface area contributed by atoms with Gasteiger partial charge in [-0.3, -0.25) is 10.1 Å². The number of carbonyl (C=O) groups excluding carboxylic acids is 1. The zero-order chi connectivity index (χ0) is 14.4. The van der Waals surface area contributed by atoms with E-state index < -0.39 is 0 Å². The van der Waals surface area contributed by atoms with Crippen LogP contribution in [0, 0.1) is 0 Å². The molecule has 1 aromatic rings. The molecule has 0 aliphatic rings. The molecule has 0 spiro atoms. The SMILES string of the molecule is COc1ccccc1[C@@H](C)NC(C)C(=O)NC(C)C. The van der Waals surface area contributed by atoms with Crippen molar-refractivity contribution in [2.24, 2.45) is 0 Å². The number of carbonyl (C=O) groups is 1. The monoisotopic (exact) mass is 264 g/mol. The molecule has 4 heteroatoms. The third kappa shape index (κ3) is 4.56. The summed E-state index contributed by atoms with van der Waals surface area (Å²) in [5.74, 6) is 0.843.